The zero-order chi connectivity index (χ0) is 24.4. The largest absolute Gasteiger partial charge is 0.429 e. The van der Waals surface area contributed by atoms with Gasteiger partial charge in [0.15, 0.2) is 22.5 Å². The Balaban J connectivity index is 1.75. The first-order valence-corrected chi connectivity index (χ1v) is 10.1. The number of amides is 1. The first-order valence-electron chi connectivity index (χ1n) is 8.77. The van der Waals surface area contributed by atoms with Gasteiger partial charge in [0.25, 0.3) is 5.56 Å². The number of nitrogens with one attached hydrogen (secondary N) is 3. The zero-order valence-electron chi connectivity index (χ0n) is 16.4. The molecule has 15 heteroatoms. The summed E-state index contributed by atoms with van der Waals surface area (Å²) < 4.78 is 56.9. The summed E-state index contributed by atoms with van der Waals surface area (Å²) >= 11 is 4.86. The van der Waals surface area contributed by atoms with Crippen molar-refractivity contribution in [3.63, 3.8) is 0 Å². The monoisotopic (exact) mass is 503 g/mol. The van der Waals surface area contributed by atoms with Gasteiger partial charge >= 0.3 is 12.3 Å². The normalized spacial score (nSPS) is 11.0. The van der Waals surface area contributed by atoms with Gasteiger partial charge in [-0.05, 0) is 12.1 Å². The van der Waals surface area contributed by atoms with E-state index in [0.29, 0.717) is 0 Å². The molecule has 3 rings (SSSR count). The maximum Gasteiger partial charge on any atom is 0.387 e. The summed E-state index contributed by atoms with van der Waals surface area (Å²) in [4.78, 5) is 42.3. The molecule has 1 amide bonds. The number of rotatable bonds is 7. The van der Waals surface area contributed by atoms with Gasteiger partial charge in [-0.1, -0.05) is 0 Å². The molecule has 2 heterocycles. The van der Waals surface area contributed by atoms with E-state index in [9.17, 15) is 31.9 Å². The first kappa shape index (κ1) is 24.2. The van der Waals surface area contributed by atoms with E-state index in [2.05, 4.69) is 32.7 Å². The molecule has 0 aliphatic carbocycles. The Morgan fingerprint density at radius 3 is 2.58 bits per heavy atom. The number of anilines is 1. The summed E-state index contributed by atoms with van der Waals surface area (Å²) in [5.41, 5.74) is -2.26. The maximum absolute atomic E-state index is 13.9. The minimum atomic E-state index is -3.41. The highest BCUT2D eigenvalue weighted by Crippen LogP contribution is 2.31. The molecule has 3 aromatic rings. The van der Waals surface area contributed by atoms with Crippen LogP contribution in [-0.4, -0.2) is 32.8 Å². The molecule has 0 saturated heterocycles. The van der Waals surface area contributed by atoms with Gasteiger partial charge in [0.2, 0.25) is 5.91 Å². The van der Waals surface area contributed by atoms with Crippen LogP contribution in [0.3, 0.4) is 0 Å². The van der Waals surface area contributed by atoms with Crippen LogP contribution in [0.4, 0.5) is 22.7 Å². The summed E-state index contributed by atoms with van der Waals surface area (Å²) in [6, 6.07) is 1.49. The molecular formula is C18H13F4N5O4S2. The molecule has 0 fully saturated rings. The van der Waals surface area contributed by atoms with E-state index in [1.165, 1.54) is 12.4 Å². The fourth-order valence-electron chi connectivity index (χ4n) is 2.67. The van der Waals surface area contributed by atoms with Crippen LogP contribution in [0, 0.1) is 17.0 Å². The second-order valence-corrected chi connectivity index (χ2v) is 7.71. The third-order valence-corrected chi connectivity index (χ3v) is 5.27. The highest BCUT2D eigenvalue weighted by molar-refractivity contribution is 7.80. The van der Waals surface area contributed by atoms with Crippen molar-refractivity contribution in [1.29, 1.82) is 5.41 Å². The molecule has 0 spiro atoms. The van der Waals surface area contributed by atoms with Crippen LogP contribution in [0.25, 0.3) is 11.3 Å². The Morgan fingerprint density at radius 1 is 1.33 bits per heavy atom. The molecule has 0 saturated carbocycles. The third kappa shape index (κ3) is 5.31. The maximum atomic E-state index is 13.9. The van der Waals surface area contributed by atoms with Crippen molar-refractivity contribution in [2.75, 3.05) is 5.32 Å². The third-order valence-electron chi connectivity index (χ3n) is 4.18. The molecule has 0 atom stereocenters. The number of alkyl halides is 2. The van der Waals surface area contributed by atoms with E-state index in [4.69, 9.17) is 5.41 Å². The Morgan fingerprint density at radius 2 is 1.97 bits per heavy atom. The van der Waals surface area contributed by atoms with Gasteiger partial charge in [-0.25, -0.2) is 18.6 Å². The lowest BCUT2D eigenvalue weighted by molar-refractivity contribution is -0.115. The standard InChI is InChI=1S/C18H13F4N5O4S2/c1-27-15(29)12(14(32)26-18(27)30)9(23)4-11(28)25-17-24-10(5-33-17)6-2-7(19)13(8(20)3-6)31-16(21)22/h2-3,5,16,23,32H,4H2,1H3,(H,26,30)(H,24,25,28). The van der Waals surface area contributed by atoms with Crippen LogP contribution >= 0.6 is 24.0 Å². The van der Waals surface area contributed by atoms with Crippen molar-refractivity contribution >= 4 is 40.7 Å². The number of aromatic amines is 1. The predicted molar refractivity (Wildman–Crippen MR) is 114 cm³/mol. The van der Waals surface area contributed by atoms with E-state index in [1.807, 2.05) is 0 Å². The molecule has 0 unspecified atom stereocenters. The number of hydrogen-bond donors (Lipinski definition) is 4. The number of ether oxygens (including phenoxy) is 1. The van der Waals surface area contributed by atoms with E-state index in [-0.39, 0.29) is 27.0 Å². The van der Waals surface area contributed by atoms with Crippen LogP contribution in [0.2, 0.25) is 0 Å². The average molecular weight is 503 g/mol. The number of benzene rings is 1. The minimum Gasteiger partial charge on any atom is -0.429 e. The number of nitrogens with zero attached hydrogens (tertiary/aromatic N) is 2. The number of thiol groups is 1. The highest BCUT2D eigenvalue weighted by atomic mass is 32.1. The topological polar surface area (TPSA) is 130 Å². The van der Waals surface area contributed by atoms with Gasteiger partial charge in [0, 0.05) is 18.0 Å². The molecule has 174 valence electrons. The number of halogens is 4. The SMILES string of the molecule is Cn1c(=O)[nH]c(S)c(C(=N)CC(=O)Nc2nc(-c3cc(F)c(OC(F)F)c(F)c3)cs2)c1=O. The average Bonchev–Trinajstić information content (AvgIpc) is 3.17. The van der Waals surface area contributed by atoms with E-state index in [0.717, 1.165) is 28.0 Å². The summed E-state index contributed by atoms with van der Waals surface area (Å²) in [5, 5.41) is 11.6. The van der Waals surface area contributed by atoms with E-state index >= 15 is 0 Å². The number of carbonyl (C=O) groups is 1. The first-order chi connectivity index (χ1) is 15.5. The lowest BCUT2D eigenvalue weighted by Crippen LogP contribution is -2.37. The van der Waals surface area contributed by atoms with Gasteiger partial charge < -0.3 is 20.4 Å². The van der Waals surface area contributed by atoms with Crippen LogP contribution in [0.5, 0.6) is 5.75 Å². The molecule has 0 aliphatic heterocycles. The van der Waals surface area contributed by atoms with Crippen molar-refractivity contribution in [2.24, 2.45) is 7.05 Å². The van der Waals surface area contributed by atoms with Crippen LogP contribution in [-0.2, 0) is 11.8 Å². The van der Waals surface area contributed by atoms with Crippen molar-refractivity contribution in [3.8, 4) is 17.0 Å². The molecule has 9 nitrogen and oxygen atoms in total. The molecule has 33 heavy (non-hydrogen) atoms. The molecule has 2 aromatic heterocycles. The van der Waals surface area contributed by atoms with Gasteiger partial charge in [-0.15, -0.1) is 24.0 Å². The summed E-state index contributed by atoms with van der Waals surface area (Å²) in [6.45, 7) is -3.41. The highest BCUT2D eigenvalue weighted by Gasteiger charge is 2.20. The van der Waals surface area contributed by atoms with Crippen LogP contribution in [0.1, 0.15) is 12.0 Å². The number of hydrogen-bond acceptors (Lipinski definition) is 8. The Kier molecular flexibility index (Phi) is 7.02. The number of H-pyrrole nitrogens is 1. The van der Waals surface area contributed by atoms with Crippen molar-refractivity contribution < 1.29 is 27.1 Å². The second kappa shape index (κ2) is 9.58. The predicted octanol–water partition coefficient (Wildman–Crippen LogP) is 2.76. The van der Waals surface area contributed by atoms with Gasteiger partial charge in [-0.2, -0.15) is 8.78 Å². The van der Waals surface area contributed by atoms with Gasteiger partial charge in [-0.3, -0.25) is 14.2 Å². The smallest absolute Gasteiger partial charge is 0.387 e. The number of aromatic nitrogens is 3. The molecule has 3 N–H and O–H groups in total. The second-order valence-electron chi connectivity index (χ2n) is 6.41. The van der Waals surface area contributed by atoms with Crippen molar-refractivity contribution in [2.45, 2.75) is 18.1 Å². The van der Waals surface area contributed by atoms with Gasteiger partial charge in [0.05, 0.1) is 28.4 Å². The molecule has 0 bridgehead atoms. The molecule has 0 aliphatic rings. The lowest BCUT2D eigenvalue weighted by atomic mass is 10.1. The number of carbonyl (C=O) groups excluding carboxylic acids is 1. The summed E-state index contributed by atoms with van der Waals surface area (Å²) in [7, 11) is 1.19. The fraction of sp³-hybridized carbons (Fsp3) is 0.167. The zero-order valence-corrected chi connectivity index (χ0v) is 18.1. The molecule has 0 radical (unpaired) electrons. The quantitative estimate of drug-likeness (QED) is 0.171. The van der Waals surface area contributed by atoms with Crippen molar-refractivity contribution in [1.82, 2.24) is 14.5 Å². The molecule has 1 aromatic carbocycles. The molecular weight excluding hydrogens is 490 g/mol. The Hall–Kier alpha value is -3.46. The van der Waals surface area contributed by atoms with E-state index < -0.39 is 53.3 Å². The van der Waals surface area contributed by atoms with Gasteiger partial charge in [0.1, 0.15) is 0 Å². The lowest BCUT2D eigenvalue weighted by Gasteiger charge is -2.08. The Labute approximate surface area is 191 Å². The van der Waals surface area contributed by atoms with Crippen LogP contribution in [0.15, 0.2) is 32.1 Å². The summed E-state index contributed by atoms with van der Waals surface area (Å²) in [5.74, 6) is -4.68. The van der Waals surface area contributed by atoms with Crippen LogP contribution < -0.4 is 21.3 Å². The number of thiazole rings is 1. The minimum absolute atomic E-state index is 0.0111. The van der Waals surface area contributed by atoms with E-state index in [1.54, 1.807) is 0 Å². The summed E-state index contributed by atoms with van der Waals surface area (Å²) in [6.07, 6.45) is -0.563. The van der Waals surface area contributed by atoms with Crippen molar-refractivity contribution in [3.05, 3.63) is 55.5 Å². The Bertz CT molecular complexity index is 1350. The fourth-order valence-corrected chi connectivity index (χ4v) is 3.73.